The van der Waals surface area contributed by atoms with Crippen LogP contribution in [0.4, 0.5) is 5.69 Å². The van der Waals surface area contributed by atoms with Crippen LogP contribution in [0.15, 0.2) is 23.1 Å². The van der Waals surface area contributed by atoms with Crippen LogP contribution in [-0.2, 0) is 14.3 Å². The maximum Gasteiger partial charge on any atom is 0.338 e. The van der Waals surface area contributed by atoms with Gasteiger partial charge in [-0.2, -0.15) is 0 Å². The minimum Gasteiger partial charge on any atom is -0.452 e. The van der Waals surface area contributed by atoms with Crippen molar-refractivity contribution in [1.29, 1.82) is 0 Å². The second kappa shape index (κ2) is 7.47. The third-order valence-electron chi connectivity index (χ3n) is 4.66. The van der Waals surface area contributed by atoms with Gasteiger partial charge in [-0.1, -0.05) is 0 Å². The number of benzene rings is 1. The van der Waals surface area contributed by atoms with Gasteiger partial charge in [0.25, 0.3) is 5.91 Å². The molecule has 3 rings (SSSR count). The maximum absolute atomic E-state index is 12.4. The first-order valence-electron chi connectivity index (χ1n) is 8.50. The van der Waals surface area contributed by atoms with Gasteiger partial charge in [-0.15, -0.1) is 11.8 Å². The van der Waals surface area contributed by atoms with Gasteiger partial charge in [0.05, 0.1) is 17.0 Å². The van der Waals surface area contributed by atoms with Crippen molar-refractivity contribution in [1.82, 2.24) is 4.90 Å². The molecule has 1 N–H and O–H groups in total. The average molecular weight is 362 g/mol. The summed E-state index contributed by atoms with van der Waals surface area (Å²) >= 11 is 1.43. The summed E-state index contributed by atoms with van der Waals surface area (Å²) in [5, 5.41) is 2.74. The summed E-state index contributed by atoms with van der Waals surface area (Å²) in [5.74, 6) is -0.434. The van der Waals surface area contributed by atoms with E-state index in [1.165, 1.54) is 11.8 Å². The zero-order valence-corrected chi connectivity index (χ0v) is 15.2. The molecule has 0 bridgehead atoms. The smallest absolute Gasteiger partial charge is 0.338 e. The van der Waals surface area contributed by atoms with Crippen molar-refractivity contribution in [2.45, 2.75) is 50.1 Å². The Morgan fingerprint density at radius 2 is 2.00 bits per heavy atom. The van der Waals surface area contributed by atoms with E-state index in [0.29, 0.717) is 17.0 Å². The SMILES string of the molecule is C[C@@H]1CCC[C@@H](C)N1C(=O)COC(=O)c1ccc2c(c1)NC(=O)CS2. The number of hydrogen-bond acceptors (Lipinski definition) is 5. The average Bonchev–Trinajstić information content (AvgIpc) is 2.58. The van der Waals surface area contributed by atoms with Crippen LogP contribution < -0.4 is 5.32 Å². The van der Waals surface area contributed by atoms with Crippen molar-refractivity contribution >= 4 is 35.2 Å². The first-order chi connectivity index (χ1) is 12.0. The zero-order valence-electron chi connectivity index (χ0n) is 14.4. The maximum atomic E-state index is 12.4. The quantitative estimate of drug-likeness (QED) is 0.837. The Morgan fingerprint density at radius 3 is 2.72 bits per heavy atom. The molecule has 0 saturated carbocycles. The summed E-state index contributed by atoms with van der Waals surface area (Å²) in [6, 6.07) is 5.38. The summed E-state index contributed by atoms with van der Waals surface area (Å²) in [6.45, 7) is 3.80. The number of thioether (sulfide) groups is 1. The van der Waals surface area contributed by atoms with Gasteiger partial charge in [-0.25, -0.2) is 4.79 Å². The van der Waals surface area contributed by atoms with E-state index in [0.717, 1.165) is 24.2 Å². The summed E-state index contributed by atoms with van der Waals surface area (Å²) in [4.78, 5) is 38.9. The lowest BCUT2D eigenvalue weighted by molar-refractivity contribution is -0.140. The number of anilines is 1. The highest BCUT2D eigenvalue weighted by Crippen LogP contribution is 2.32. The van der Waals surface area contributed by atoms with Gasteiger partial charge in [0.15, 0.2) is 6.61 Å². The van der Waals surface area contributed by atoms with Crippen LogP contribution in [0.5, 0.6) is 0 Å². The first kappa shape index (κ1) is 17.8. The number of ether oxygens (including phenoxy) is 1. The molecular weight excluding hydrogens is 340 g/mol. The molecule has 2 aliphatic rings. The van der Waals surface area contributed by atoms with Gasteiger partial charge in [0.1, 0.15) is 0 Å². The molecule has 2 atom stereocenters. The van der Waals surface area contributed by atoms with Crippen molar-refractivity contribution in [3.63, 3.8) is 0 Å². The molecule has 7 heteroatoms. The number of hydrogen-bond donors (Lipinski definition) is 1. The van der Waals surface area contributed by atoms with Crippen LogP contribution >= 0.6 is 11.8 Å². The lowest BCUT2D eigenvalue weighted by Gasteiger charge is -2.38. The van der Waals surface area contributed by atoms with Crippen LogP contribution in [0.2, 0.25) is 0 Å². The molecule has 0 aromatic heterocycles. The predicted molar refractivity (Wildman–Crippen MR) is 95.7 cm³/mol. The molecule has 0 aliphatic carbocycles. The number of likely N-dealkylation sites (tertiary alicyclic amines) is 1. The summed E-state index contributed by atoms with van der Waals surface area (Å²) in [7, 11) is 0. The van der Waals surface area contributed by atoms with E-state index < -0.39 is 5.97 Å². The number of carbonyl (C=O) groups is 3. The second-order valence-corrected chi connectivity index (χ2v) is 7.57. The molecule has 2 amide bonds. The van der Waals surface area contributed by atoms with Crippen LogP contribution in [0.1, 0.15) is 43.5 Å². The topological polar surface area (TPSA) is 75.7 Å². The molecule has 1 aromatic rings. The van der Waals surface area contributed by atoms with Gasteiger partial charge in [-0.05, 0) is 51.3 Å². The van der Waals surface area contributed by atoms with Crippen molar-refractivity contribution < 1.29 is 19.1 Å². The van der Waals surface area contributed by atoms with Crippen molar-refractivity contribution in [2.24, 2.45) is 0 Å². The summed E-state index contributed by atoms with van der Waals surface area (Å²) in [6.07, 6.45) is 3.07. The van der Waals surface area contributed by atoms with E-state index in [1.54, 1.807) is 18.2 Å². The van der Waals surface area contributed by atoms with E-state index in [1.807, 2.05) is 18.7 Å². The minimum absolute atomic E-state index is 0.0914. The third kappa shape index (κ3) is 3.98. The van der Waals surface area contributed by atoms with Crippen LogP contribution in [0.25, 0.3) is 0 Å². The lowest BCUT2D eigenvalue weighted by atomic mass is 9.97. The molecular formula is C18H22N2O4S. The van der Waals surface area contributed by atoms with Gasteiger partial charge in [-0.3, -0.25) is 9.59 Å². The molecule has 1 fully saturated rings. The Labute approximate surface area is 151 Å². The number of rotatable bonds is 3. The molecule has 1 aromatic carbocycles. The Kier molecular flexibility index (Phi) is 5.32. The van der Waals surface area contributed by atoms with Crippen LogP contribution in [-0.4, -0.2) is 47.1 Å². The number of nitrogens with one attached hydrogen (secondary N) is 1. The number of piperidine rings is 1. The minimum atomic E-state index is -0.557. The van der Waals surface area contributed by atoms with E-state index >= 15 is 0 Å². The number of esters is 1. The summed E-state index contributed by atoms with van der Waals surface area (Å²) in [5.41, 5.74) is 0.939. The highest BCUT2D eigenvalue weighted by molar-refractivity contribution is 8.00. The predicted octanol–water partition coefficient (Wildman–Crippen LogP) is 2.68. The zero-order chi connectivity index (χ0) is 18.0. The Balaban J connectivity index is 1.62. The van der Waals surface area contributed by atoms with Gasteiger partial charge in [0.2, 0.25) is 5.91 Å². The highest BCUT2D eigenvalue weighted by atomic mass is 32.2. The van der Waals surface area contributed by atoms with Crippen molar-refractivity contribution in [3.8, 4) is 0 Å². The molecule has 2 aliphatic heterocycles. The largest absolute Gasteiger partial charge is 0.452 e. The molecule has 0 radical (unpaired) electrons. The van der Waals surface area contributed by atoms with Gasteiger partial charge < -0.3 is 15.0 Å². The van der Waals surface area contributed by atoms with Crippen molar-refractivity contribution in [3.05, 3.63) is 23.8 Å². The second-order valence-electron chi connectivity index (χ2n) is 6.55. The lowest BCUT2D eigenvalue weighted by Crippen LogP contribution is -2.49. The number of amides is 2. The van der Waals surface area contributed by atoms with E-state index in [4.69, 9.17) is 4.74 Å². The van der Waals surface area contributed by atoms with Gasteiger partial charge in [0, 0.05) is 17.0 Å². The number of nitrogens with zero attached hydrogens (tertiary/aromatic N) is 1. The highest BCUT2D eigenvalue weighted by Gasteiger charge is 2.29. The third-order valence-corrected chi connectivity index (χ3v) is 5.73. The molecule has 2 heterocycles. The normalized spacial score (nSPS) is 22.8. The van der Waals surface area contributed by atoms with E-state index in [9.17, 15) is 14.4 Å². The van der Waals surface area contributed by atoms with Crippen LogP contribution in [0, 0.1) is 0 Å². The number of carbonyl (C=O) groups excluding carboxylic acids is 3. The number of fused-ring (bicyclic) bond motifs is 1. The fourth-order valence-corrected chi connectivity index (χ4v) is 4.20. The van der Waals surface area contributed by atoms with E-state index in [-0.39, 0.29) is 30.5 Å². The fraction of sp³-hybridized carbons (Fsp3) is 0.500. The molecule has 25 heavy (non-hydrogen) atoms. The molecule has 134 valence electrons. The standard InChI is InChI=1S/C18H22N2O4S/c1-11-4-3-5-12(2)20(11)17(22)9-24-18(23)13-6-7-15-14(8-13)19-16(21)10-25-15/h6-8,11-12H,3-5,9-10H2,1-2H3,(H,19,21)/t11-,12-/m1/s1. The molecule has 0 spiro atoms. The Bertz CT molecular complexity index is 696. The molecule has 1 saturated heterocycles. The Hall–Kier alpha value is -2.02. The molecule has 6 nitrogen and oxygen atoms in total. The fourth-order valence-electron chi connectivity index (χ4n) is 3.41. The summed E-state index contributed by atoms with van der Waals surface area (Å²) < 4.78 is 5.21. The molecule has 0 unspecified atom stereocenters. The first-order valence-corrected chi connectivity index (χ1v) is 9.49. The monoisotopic (exact) mass is 362 g/mol. The van der Waals surface area contributed by atoms with Gasteiger partial charge >= 0.3 is 5.97 Å². The van der Waals surface area contributed by atoms with Crippen LogP contribution in [0.3, 0.4) is 0 Å². The van der Waals surface area contributed by atoms with Crippen molar-refractivity contribution in [2.75, 3.05) is 17.7 Å². The Morgan fingerprint density at radius 1 is 1.28 bits per heavy atom. The van der Waals surface area contributed by atoms with E-state index in [2.05, 4.69) is 5.32 Å².